The number of esters is 1. The average Bonchev–Trinajstić information content (AvgIpc) is 2.70. The summed E-state index contributed by atoms with van der Waals surface area (Å²) in [5.74, 6) is -0.801. The Kier molecular flexibility index (Phi) is 8.19. The van der Waals surface area contributed by atoms with Crippen LogP contribution in [0.25, 0.3) is 0 Å². The highest BCUT2D eigenvalue weighted by atomic mass is 16.6. The van der Waals surface area contributed by atoms with Crippen molar-refractivity contribution >= 4 is 29.3 Å². The van der Waals surface area contributed by atoms with Gasteiger partial charge in [-0.2, -0.15) is 0 Å². The van der Waals surface area contributed by atoms with Gasteiger partial charge in [0.2, 0.25) is 0 Å². The molecule has 166 valence electrons. The van der Waals surface area contributed by atoms with E-state index in [0.717, 1.165) is 12.0 Å². The van der Waals surface area contributed by atoms with Crippen LogP contribution >= 0.6 is 0 Å². The van der Waals surface area contributed by atoms with Crippen molar-refractivity contribution in [2.75, 3.05) is 17.2 Å². The fraction of sp³-hybridized carbons (Fsp3) is 0.375. The zero-order valence-electron chi connectivity index (χ0n) is 18.7. The second kappa shape index (κ2) is 10.6. The molecule has 2 aromatic rings. The largest absolute Gasteiger partial charge is 0.452 e. The van der Waals surface area contributed by atoms with Crippen LogP contribution in [-0.2, 0) is 14.3 Å². The number of benzene rings is 2. The monoisotopic (exact) mass is 426 g/mol. The van der Waals surface area contributed by atoms with Gasteiger partial charge in [0.15, 0.2) is 6.61 Å². The van der Waals surface area contributed by atoms with E-state index in [2.05, 4.69) is 24.5 Å². The second-order valence-electron chi connectivity index (χ2n) is 8.23. The maximum Gasteiger partial charge on any atom is 0.412 e. The lowest BCUT2D eigenvalue weighted by Crippen LogP contribution is -2.27. The number of nitrogens with one attached hydrogen (secondary N) is 2. The van der Waals surface area contributed by atoms with E-state index < -0.39 is 30.2 Å². The second-order valence-corrected chi connectivity index (χ2v) is 8.23. The quantitative estimate of drug-likeness (QED) is 0.583. The van der Waals surface area contributed by atoms with Gasteiger partial charge < -0.3 is 14.8 Å². The third-order valence-electron chi connectivity index (χ3n) is 4.46. The summed E-state index contributed by atoms with van der Waals surface area (Å²) >= 11 is 0. The van der Waals surface area contributed by atoms with Crippen LogP contribution in [0.1, 0.15) is 62.9 Å². The summed E-state index contributed by atoms with van der Waals surface area (Å²) in [5.41, 5.74) is 1.70. The Hall–Kier alpha value is -3.35. The van der Waals surface area contributed by atoms with Gasteiger partial charge in [-0.25, -0.2) is 9.59 Å². The molecular weight excluding hydrogens is 396 g/mol. The molecule has 0 aromatic heterocycles. The van der Waals surface area contributed by atoms with E-state index in [4.69, 9.17) is 9.47 Å². The fourth-order valence-corrected chi connectivity index (χ4v) is 2.81. The average molecular weight is 427 g/mol. The lowest BCUT2D eigenvalue weighted by Gasteiger charge is -2.19. The van der Waals surface area contributed by atoms with E-state index in [9.17, 15) is 14.4 Å². The first-order valence-corrected chi connectivity index (χ1v) is 10.2. The van der Waals surface area contributed by atoms with Gasteiger partial charge in [0.05, 0.1) is 5.56 Å². The summed E-state index contributed by atoms with van der Waals surface area (Å²) in [5, 5.41) is 5.37. The summed E-state index contributed by atoms with van der Waals surface area (Å²) in [6, 6.07) is 13.8. The van der Waals surface area contributed by atoms with E-state index in [1.54, 1.807) is 39.0 Å². The normalized spacial score (nSPS) is 11.9. The number of rotatable bonds is 7. The summed E-state index contributed by atoms with van der Waals surface area (Å²) < 4.78 is 10.3. The van der Waals surface area contributed by atoms with Gasteiger partial charge in [-0.15, -0.1) is 0 Å². The summed E-state index contributed by atoms with van der Waals surface area (Å²) in [6.45, 7) is 9.02. The highest BCUT2D eigenvalue weighted by molar-refractivity contribution is 5.97. The first-order valence-electron chi connectivity index (χ1n) is 10.2. The van der Waals surface area contributed by atoms with Crippen molar-refractivity contribution in [2.24, 2.45) is 0 Å². The van der Waals surface area contributed by atoms with Gasteiger partial charge >= 0.3 is 12.1 Å². The molecule has 31 heavy (non-hydrogen) atoms. The molecule has 2 aromatic carbocycles. The minimum absolute atomic E-state index is 0.210. The van der Waals surface area contributed by atoms with Gasteiger partial charge in [0.25, 0.3) is 5.91 Å². The van der Waals surface area contributed by atoms with Crippen molar-refractivity contribution in [2.45, 2.75) is 52.6 Å². The van der Waals surface area contributed by atoms with Crippen molar-refractivity contribution < 1.29 is 23.9 Å². The van der Waals surface area contributed by atoms with Crippen molar-refractivity contribution in [3.8, 4) is 0 Å². The molecule has 0 saturated carbocycles. The lowest BCUT2D eigenvalue weighted by atomic mass is 9.97. The fourth-order valence-electron chi connectivity index (χ4n) is 2.81. The third kappa shape index (κ3) is 7.77. The van der Waals surface area contributed by atoms with Crippen molar-refractivity contribution in [3.05, 3.63) is 59.7 Å². The minimum Gasteiger partial charge on any atom is -0.452 e. The lowest BCUT2D eigenvalue weighted by molar-refractivity contribution is -0.119. The molecule has 0 aliphatic rings. The standard InChI is InChI=1S/C24H30N2O5/c1-6-16(2)19-12-7-8-13-20(19)26-21(27)15-30-22(28)17-10-9-11-18(14-17)25-23(29)31-24(3,4)5/h7-14,16H,6,15H2,1-5H3,(H,25,29)(H,26,27)/t16-/m0/s1. The molecule has 0 fully saturated rings. The molecule has 1 atom stereocenters. The summed E-state index contributed by atoms with van der Waals surface area (Å²) in [6.07, 6.45) is 0.313. The number of hydrogen-bond donors (Lipinski definition) is 2. The smallest absolute Gasteiger partial charge is 0.412 e. The molecule has 7 nitrogen and oxygen atoms in total. The number of anilines is 2. The number of hydrogen-bond acceptors (Lipinski definition) is 5. The third-order valence-corrected chi connectivity index (χ3v) is 4.46. The molecule has 0 aliphatic heterocycles. The predicted molar refractivity (Wildman–Crippen MR) is 120 cm³/mol. The van der Waals surface area contributed by atoms with Crippen LogP contribution in [0.4, 0.5) is 16.2 Å². The Morgan fingerprint density at radius 2 is 1.71 bits per heavy atom. The number of ether oxygens (including phenoxy) is 2. The van der Waals surface area contributed by atoms with Crippen LogP contribution in [0.5, 0.6) is 0 Å². The van der Waals surface area contributed by atoms with E-state index in [1.165, 1.54) is 6.07 Å². The van der Waals surface area contributed by atoms with Gasteiger partial charge in [-0.05, 0) is 62.9 Å². The molecule has 2 N–H and O–H groups in total. The van der Waals surface area contributed by atoms with Crippen LogP contribution in [-0.4, -0.2) is 30.2 Å². The van der Waals surface area contributed by atoms with Crippen LogP contribution in [0.15, 0.2) is 48.5 Å². The Morgan fingerprint density at radius 3 is 2.39 bits per heavy atom. The topological polar surface area (TPSA) is 93.7 Å². The Labute approximate surface area is 183 Å². The number of carbonyl (C=O) groups is 3. The van der Waals surface area contributed by atoms with E-state index in [0.29, 0.717) is 17.3 Å². The molecule has 0 spiro atoms. The molecule has 0 radical (unpaired) electrons. The van der Waals surface area contributed by atoms with Gasteiger partial charge in [-0.3, -0.25) is 10.1 Å². The molecule has 0 aliphatic carbocycles. The summed E-state index contributed by atoms with van der Waals surface area (Å²) in [7, 11) is 0. The van der Waals surface area contributed by atoms with E-state index >= 15 is 0 Å². The van der Waals surface area contributed by atoms with E-state index in [1.807, 2.05) is 24.3 Å². The first kappa shape index (κ1) is 23.9. The van der Waals surface area contributed by atoms with Gasteiger partial charge in [0.1, 0.15) is 5.60 Å². The van der Waals surface area contributed by atoms with Crippen LogP contribution in [0.2, 0.25) is 0 Å². The van der Waals surface area contributed by atoms with Crippen molar-refractivity contribution in [1.82, 2.24) is 0 Å². The summed E-state index contributed by atoms with van der Waals surface area (Å²) in [4.78, 5) is 36.5. The highest BCUT2D eigenvalue weighted by Crippen LogP contribution is 2.26. The van der Waals surface area contributed by atoms with Gasteiger partial charge in [0, 0.05) is 11.4 Å². The van der Waals surface area contributed by atoms with Crippen LogP contribution in [0, 0.1) is 0 Å². The molecule has 0 heterocycles. The highest BCUT2D eigenvalue weighted by Gasteiger charge is 2.17. The maximum absolute atomic E-state index is 12.3. The van der Waals surface area contributed by atoms with Crippen LogP contribution in [0.3, 0.4) is 0 Å². The Morgan fingerprint density at radius 1 is 1.00 bits per heavy atom. The molecule has 0 bridgehead atoms. The maximum atomic E-state index is 12.3. The molecular formula is C24H30N2O5. The number of carbonyl (C=O) groups excluding carboxylic acids is 3. The first-order chi connectivity index (χ1) is 14.6. The Balaban J connectivity index is 1.94. The SMILES string of the molecule is CC[C@H](C)c1ccccc1NC(=O)COC(=O)c1cccc(NC(=O)OC(C)(C)C)c1. The van der Waals surface area contributed by atoms with E-state index in [-0.39, 0.29) is 5.56 Å². The zero-order valence-corrected chi connectivity index (χ0v) is 18.7. The molecule has 7 heteroatoms. The number of amides is 2. The molecule has 0 unspecified atom stereocenters. The molecule has 0 saturated heterocycles. The molecule has 2 amide bonds. The van der Waals surface area contributed by atoms with Crippen molar-refractivity contribution in [1.29, 1.82) is 0 Å². The molecule has 2 rings (SSSR count). The number of para-hydroxylation sites is 1. The predicted octanol–water partition coefficient (Wildman–Crippen LogP) is 5.34. The minimum atomic E-state index is -0.668. The van der Waals surface area contributed by atoms with Crippen molar-refractivity contribution in [3.63, 3.8) is 0 Å². The zero-order chi connectivity index (χ0) is 23.0. The van der Waals surface area contributed by atoms with Gasteiger partial charge in [-0.1, -0.05) is 38.1 Å². The van der Waals surface area contributed by atoms with Crippen LogP contribution < -0.4 is 10.6 Å². The Bertz CT molecular complexity index is 934.